The third-order valence-corrected chi connectivity index (χ3v) is 3.26. The molecule has 0 saturated heterocycles. The second-order valence-corrected chi connectivity index (χ2v) is 4.93. The van der Waals surface area contributed by atoms with Crippen molar-refractivity contribution in [1.82, 2.24) is 0 Å². The van der Waals surface area contributed by atoms with Crippen LogP contribution in [0.15, 0.2) is 82.0 Å². The Balaban J connectivity index is 2.04. The number of benzene rings is 2. The number of hydrogen-bond donors (Lipinski definition) is 0. The lowest BCUT2D eigenvalue weighted by molar-refractivity contribution is 0.330. The highest BCUT2D eigenvalue weighted by Crippen LogP contribution is 2.18. The molecule has 0 spiro atoms. The van der Waals surface area contributed by atoms with Crippen molar-refractivity contribution in [2.75, 3.05) is 6.61 Å². The summed E-state index contributed by atoms with van der Waals surface area (Å²) in [6.45, 7) is 2.56. The molecule has 0 aliphatic carbocycles. The molecule has 0 aliphatic heterocycles. The molecule has 2 rings (SSSR count). The van der Waals surface area contributed by atoms with Crippen LogP contribution >= 0.6 is 11.8 Å². The van der Waals surface area contributed by atoms with Crippen LogP contribution in [0.25, 0.3) is 0 Å². The number of ether oxygens (including phenoxy) is 1. The Morgan fingerprint density at radius 2 is 1.70 bits per heavy atom. The van der Waals surface area contributed by atoms with Crippen molar-refractivity contribution in [2.45, 2.75) is 11.8 Å². The minimum atomic E-state index is 0.603. The highest BCUT2D eigenvalue weighted by Gasteiger charge is 1.95. The Morgan fingerprint density at radius 3 is 2.35 bits per heavy atom. The van der Waals surface area contributed by atoms with Gasteiger partial charge in [-0.25, -0.2) is 4.99 Å². The van der Waals surface area contributed by atoms with Crippen LogP contribution in [0.1, 0.15) is 6.92 Å². The van der Waals surface area contributed by atoms with Crippen molar-refractivity contribution in [2.24, 2.45) is 4.99 Å². The predicted molar refractivity (Wildman–Crippen MR) is 86.6 cm³/mol. The van der Waals surface area contributed by atoms with Gasteiger partial charge in [0.2, 0.25) is 5.90 Å². The second-order valence-electron chi connectivity index (χ2n) is 3.95. The van der Waals surface area contributed by atoms with Crippen LogP contribution in [-0.4, -0.2) is 12.5 Å². The van der Waals surface area contributed by atoms with Gasteiger partial charge in [-0.1, -0.05) is 48.2 Å². The quantitative estimate of drug-likeness (QED) is 0.434. The summed E-state index contributed by atoms with van der Waals surface area (Å²) in [5, 5.41) is 1.99. The Morgan fingerprint density at radius 1 is 1.05 bits per heavy atom. The summed E-state index contributed by atoms with van der Waals surface area (Å²) in [5.41, 5.74) is 0.894. The number of thioether (sulfide) groups is 1. The van der Waals surface area contributed by atoms with Gasteiger partial charge >= 0.3 is 0 Å². The Labute approximate surface area is 124 Å². The molecule has 0 saturated carbocycles. The maximum absolute atomic E-state index is 5.53. The minimum Gasteiger partial charge on any atom is -0.478 e. The fraction of sp³-hybridized carbons (Fsp3) is 0.118. The van der Waals surface area contributed by atoms with Gasteiger partial charge in [0, 0.05) is 11.0 Å². The van der Waals surface area contributed by atoms with Crippen molar-refractivity contribution in [3.8, 4) is 0 Å². The number of nitrogens with zero attached hydrogens (tertiary/aromatic N) is 1. The first-order chi connectivity index (χ1) is 9.88. The highest BCUT2D eigenvalue weighted by atomic mass is 32.2. The fourth-order valence-electron chi connectivity index (χ4n) is 1.57. The van der Waals surface area contributed by atoms with E-state index in [-0.39, 0.29) is 0 Å². The number of aliphatic imine (C=N–C) groups is 1. The van der Waals surface area contributed by atoms with Crippen LogP contribution in [-0.2, 0) is 4.74 Å². The first-order valence-corrected chi connectivity index (χ1v) is 7.41. The van der Waals surface area contributed by atoms with E-state index < -0.39 is 0 Å². The summed E-state index contributed by atoms with van der Waals surface area (Å²) < 4.78 is 5.53. The molecule has 0 bridgehead atoms. The van der Waals surface area contributed by atoms with Crippen molar-refractivity contribution in [1.29, 1.82) is 0 Å². The van der Waals surface area contributed by atoms with Gasteiger partial charge in [-0.15, -0.1) is 0 Å². The van der Waals surface area contributed by atoms with Gasteiger partial charge in [-0.05, 0) is 36.6 Å². The van der Waals surface area contributed by atoms with Crippen molar-refractivity contribution >= 4 is 23.3 Å². The summed E-state index contributed by atoms with van der Waals surface area (Å²) in [6, 6.07) is 20.0. The highest BCUT2D eigenvalue weighted by molar-refractivity contribution is 8.02. The molecule has 102 valence electrons. The van der Waals surface area contributed by atoms with Crippen LogP contribution in [0.2, 0.25) is 0 Å². The maximum Gasteiger partial charge on any atom is 0.214 e. The molecule has 2 aromatic rings. The van der Waals surface area contributed by atoms with Crippen molar-refractivity contribution in [3.63, 3.8) is 0 Å². The molecule has 0 N–H and O–H groups in total. The van der Waals surface area contributed by atoms with Gasteiger partial charge in [-0.3, -0.25) is 0 Å². The van der Waals surface area contributed by atoms with Crippen LogP contribution < -0.4 is 0 Å². The standard InChI is InChI=1S/C17H17NOS/c1-2-19-17(18-15-9-5-3-6-10-15)13-14-20-16-11-7-4-8-12-16/h3-14H,2H2,1H3/b14-13+,18-17?. The van der Waals surface area contributed by atoms with E-state index in [2.05, 4.69) is 17.1 Å². The topological polar surface area (TPSA) is 21.6 Å². The van der Waals surface area contributed by atoms with E-state index in [0.29, 0.717) is 12.5 Å². The Hall–Kier alpha value is -2.00. The molecular formula is C17H17NOS. The summed E-state index contributed by atoms with van der Waals surface area (Å²) in [6.07, 6.45) is 1.90. The number of rotatable bonds is 5. The molecule has 0 unspecified atom stereocenters. The van der Waals surface area contributed by atoms with E-state index in [1.807, 2.05) is 66.9 Å². The van der Waals surface area contributed by atoms with E-state index in [9.17, 15) is 0 Å². The molecule has 0 radical (unpaired) electrons. The molecule has 2 aromatic carbocycles. The van der Waals surface area contributed by atoms with E-state index in [4.69, 9.17) is 4.74 Å². The second kappa shape index (κ2) is 8.23. The first-order valence-electron chi connectivity index (χ1n) is 6.53. The molecule has 0 fully saturated rings. The molecule has 0 heterocycles. The predicted octanol–water partition coefficient (Wildman–Crippen LogP) is 5.06. The van der Waals surface area contributed by atoms with E-state index in [1.165, 1.54) is 4.90 Å². The zero-order valence-corrected chi connectivity index (χ0v) is 12.2. The number of para-hydroxylation sites is 1. The molecule has 0 aromatic heterocycles. The van der Waals surface area contributed by atoms with Crippen LogP contribution in [0.5, 0.6) is 0 Å². The largest absolute Gasteiger partial charge is 0.478 e. The maximum atomic E-state index is 5.53. The third-order valence-electron chi connectivity index (χ3n) is 2.45. The van der Waals surface area contributed by atoms with Crippen LogP contribution in [0.4, 0.5) is 5.69 Å². The van der Waals surface area contributed by atoms with Crippen molar-refractivity contribution < 1.29 is 4.74 Å². The molecular weight excluding hydrogens is 266 g/mol. The normalized spacial score (nSPS) is 11.8. The lowest BCUT2D eigenvalue weighted by atomic mass is 10.3. The van der Waals surface area contributed by atoms with Gasteiger partial charge in [0.25, 0.3) is 0 Å². The van der Waals surface area contributed by atoms with Gasteiger partial charge < -0.3 is 4.74 Å². The average Bonchev–Trinajstić information content (AvgIpc) is 2.49. The molecule has 2 nitrogen and oxygen atoms in total. The van der Waals surface area contributed by atoms with E-state index >= 15 is 0 Å². The van der Waals surface area contributed by atoms with E-state index in [1.54, 1.807) is 11.8 Å². The van der Waals surface area contributed by atoms with E-state index in [0.717, 1.165) is 5.69 Å². The zero-order valence-electron chi connectivity index (χ0n) is 11.4. The SMILES string of the molecule is CCOC(/C=C/Sc1ccccc1)=Nc1ccccc1. The summed E-state index contributed by atoms with van der Waals surface area (Å²) in [5.74, 6) is 0.627. The Kier molecular flexibility index (Phi) is 5.93. The molecule has 0 aliphatic rings. The molecule has 20 heavy (non-hydrogen) atoms. The number of hydrogen-bond acceptors (Lipinski definition) is 3. The van der Waals surface area contributed by atoms with Gasteiger partial charge in [0.1, 0.15) is 0 Å². The molecule has 0 amide bonds. The third kappa shape index (κ3) is 4.94. The molecule has 0 atom stereocenters. The zero-order chi connectivity index (χ0) is 14.0. The van der Waals surface area contributed by atoms with Crippen LogP contribution in [0, 0.1) is 0 Å². The first kappa shape index (κ1) is 14.4. The summed E-state index contributed by atoms with van der Waals surface area (Å²) in [4.78, 5) is 5.67. The van der Waals surface area contributed by atoms with Gasteiger partial charge in [0.15, 0.2) is 0 Å². The van der Waals surface area contributed by atoms with Crippen molar-refractivity contribution in [3.05, 3.63) is 72.1 Å². The lowest BCUT2D eigenvalue weighted by Crippen LogP contribution is -1.99. The lowest BCUT2D eigenvalue weighted by Gasteiger charge is -2.02. The van der Waals surface area contributed by atoms with Gasteiger partial charge in [0.05, 0.1) is 12.3 Å². The minimum absolute atomic E-state index is 0.603. The Bertz CT molecular complexity index is 564. The monoisotopic (exact) mass is 283 g/mol. The fourth-order valence-corrected chi connectivity index (χ4v) is 2.22. The summed E-state index contributed by atoms with van der Waals surface area (Å²) >= 11 is 1.64. The van der Waals surface area contributed by atoms with Crippen LogP contribution in [0.3, 0.4) is 0 Å². The molecule has 3 heteroatoms. The smallest absolute Gasteiger partial charge is 0.214 e. The summed E-state index contributed by atoms with van der Waals surface area (Å²) in [7, 11) is 0. The van der Waals surface area contributed by atoms with Gasteiger partial charge in [-0.2, -0.15) is 0 Å². The average molecular weight is 283 g/mol.